The standard InChI is InChI=1S/C12H19N3O2S/c16-18(17)7-3-4-10(9-18)8-11-13-12-5-1-2-6-15(12)14-11/h10H,1-9H2. The van der Waals surface area contributed by atoms with Crippen LogP contribution in [0.2, 0.25) is 0 Å². The van der Waals surface area contributed by atoms with Crippen molar-refractivity contribution in [1.82, 2.24) is 14.8 Å². The summed E-state index contributed by atoms with van der Waals surface area (Å²) < 4.78 is 25.2. The molecule has 2 aliphatic heterocycles. The fraction of sp³-hybridized carbons (Fsp3) is 0.833. The second kappa shape index (κ2) is 4.64. The zero-order chi connectivity index (χ0) is 12.6. The Balaban J connectivity index is 1.71. The fourth-order valence-corrected chi connectivity index (χ4v) is 4.73. The number of aromatic nitrogens is 3. The molecule has 3 heterocycles. The first-order valence-electron chi connectivity index (χ1n) is 6.75. The molecule has 0 N–H and O–H groups in total. The lowest BCUT2D eigenvalue weighted by Gasteiger charge is -2.20. The number of nitrogens with zero attached hydrogens (tertiary/aromatic N) is 3. The van der Waals surface area contributed by atoms with E-state index >= 15 is 0 Å². The lowest BCUT2D eigenvalue weighted by molar-refractivity contribution is 0.463. The summed E-state index contributed by atoms with van der Waals surface area (Å²) in [7, 11) is -2.82. The third kappa shape index (κ3) is 2.58. The van der Waals surface area contributed by atoms with Gasteiger partial charge in [0.25, 0.3) is 0 Å². The maximum absolute atomic E-state index is 11.6. The van der Waals surface area contributed by atoms with Gasteiger partial charge in [0.2, 0.25) is 0 Å². The Morgan fingerprint density at radius 2 is 2.17 bits per heavy atom. The molecule has 0 aromatic carbocycles. The normalized spacial score (nSPS) is 26.8. The van der Waals surface area contributed by atoms with Crippen molar-refractivity contribution < 1.29 is 8.42 Å². The molecule has 1 fully saturated rings. The van der Waals surface area contributed by atoms with Crippen LogP contribution in [0.5, 0.6) is 0 Å². The molecule has 1 aromatic rings. The molecule has 6 heteroatoms. The van der Waals surface area contributed by atoms with Gasteiger partial charge >= 0.3 is 0 Å². The van der Waals surface area contributed by atoms with E-state index in [9.17, 15) is 8.42 Å². The quantitative estimate of drug-likeness (QED) is 0.803. The van der Waals surface area contributed by atoms with E-state index in [1.807, 2.05) is 4.68 Å². The van der Waals surface area contributed by atoms with Crippen LogP contribution in [0.4, 0.5) is 0 Å². The molecule has 18 heavy (non-hydrogen) atoms. The Kier molecular flexibility index (Phi) is 3.13. The number of hydrogen-bond donors (Lipinski definition) is 0. The summed E-state index contributed by atoms with van der Waals surface area (Å²) in [5.41, 5.74) is 0. The van der Waals surface area contributed by atoms with Crippen molar-refractivity contribution in [3.8, 4) is 0 Å². The molecule has 0 amide bonds. The molecule has 1 unspecified atom stereocenters. The predicted molar refractivity (Wildman–Crippen MR) is 68.0 cm³/mol. The second-order valence-electron chi connectivity index (χ2n) is 5.45. The van der Waals surface area contributed by atoms with E-state index in [-0.39, 0.29) is 5.92 Å². The van der Waals surface area contributed by atoms with Crippen molar-refractivity contribution in [2.45, 2.75) is 45.1 Å². The molecular weight excluding hydrogens is 250 g/mol. The summed E-state index contributed by atoms with van der Waals surface area (Å²) in [6.07, 6.45) is 5.88. The molecule has 3 rings (SSSR count). The molecule has 1 aromatic heterocycles. The van der Waals surface area contributed by atoms with Crippen molar-refractivity contribution in [3.05, 3.63) is 11.6 Å². The highest BCUT2D eigenvalue weighted by Crippen LogP contribution is 2.22. The molecule has 100 valence electrons. The average Bonchev–Trinajstić information content (AvgIpc) is 2.69. The van der Waals surface area contributed by atoms with Gasteiger partial charge in [-0.05, 0) is 31.6 Å². The number of sulfone groups is 1. The Hall–Kier alpha value is -0.910. The highest BCUT2D eigenvalue weighted by atomic mass is 32.2. The Morgan fingerprint density at radius 1 is 1.28 bits per heavy atom. The second-order valence-corrected chi connectivity index (χ2v) is 7.68. The number of rotatable bonds is 2. The molecule has 0 radical (unpaired) electrons. The lowest BCUT2D eigenvalue weighted by Crippen LogP contribution is -2.26. The first kappa shape index (κ1) is 12.1. The molecule has 0 aliphatic carbocycles. The number of hydrogen-bond acceptors (Lipinski definition) is 4. The lowest BCUT2D eigenvalue weighted by atomic mass is 10.0. The van der Waals surface area contributed by atoms with Gasteiger partial charge in [0.05, 0.1) is 11.5 Å². The van der Waals surface area contributed by atoms with Gasteiger partial charge < -0.3 is 0 Å². The summed E-state index contributed by atoms with van der Waals surface area (Å²) in [5, 5.41) is 4.50. The van der Waals surface area contributed by atoms with Crippen LogP contribution in [-0.2, 0) is 29.2 Å². The molecule has 1 saturated heterocycles. The largest absolute Gasteiger partial charge is 0.250 e. The third-order valence-corrected chi connectivity index (χ3v) is 5.73. The Labute approximate surface area is 108 Å². The van der Waals surface area contributed by atoms with Crippen LogP contribution >= 0.6 is 0 Å². The molecule has 1 atom stereocenters. The maximum Gasteiger partial charge on any atom is 0.151 e. The monoisotopic (exact) mass is 269 g/mol. The van der Waals surface area contributed by atoms with E-state index < -0.39 is 9.84 Å². The van der Waals surface area contributed by atoms with Crippen molar-refractivity contribution >= 4 is 9.84 Å². The number of fused-ring (bicyclic) bond motifs is 1. The summed E-state index contributed by atoms with van der Waals surface area (Å²) >= 11 is 0. The fourth-order valence-electron chi connectivity index (χ4n) is 2.96. The Bertz CT molecular complexity index is 512. The maximum atomic E-state index is 11.6. The number of aryl methyl sites for hydroxylation is 2. The van der Waals surface area contributed by atoms with Crippen molar-refractivity contribution in [2.24, 2.45) is 5.92 Å². The van der Waals surface area contributed by atoms with E-state index in [0.717, 1.165) is 43.9 Å². The van der Waals surface area contributed by atoms with Gasteiger partial charge in [0.15, 0.2) is 15.7 Å². The average molecular weight is 269 g/mol. The van der Waals surface area contributed by atoms with Crippen LogP contribution in [0.15, 0.2) is 0 Å². The summed E-state index contributed by atoms with van der Waals surface area (Å²) in [4.78, 5) is 4.55. The SMILES string of the molecule is O=S1(=O)CCCC(Cc2nc3n(n2)CCCC3)C1. The zero-order valence-electron chi connectivity index (χ0n) is 10.5. The molecular formula is C12H19N3O2S. The highest BCUT2D eigenvalue weighted by molar-refractivity contribution is 7.91. The summed E-state index contributed by atoms with van der Waals surface area (Å²) in [6, 6.07) is 0. The van der Waals surface area contributed by atoms with Gasteiger partial charge in [-0.3, -0.25) is 0 Å². The van der Waals surface area contributed by atoms with Crippen LogP contribution in [-0.4, -0.2) is 34.7 Å². The third-order valence-electron chi connectivity index (χ3n) is 3.84. The van der Waals surface area contributed by atoms with Gasteiger partial charge in [-0.1, -0.05) is 0 Å². The molecule has 0 bridgehead atoms. The first-order valence-corrected chi connectivity index (χ1v) is 8.57. The summed E-state index contributed by atoms with van der Waals surface area (Å²) in [6.45, 7) is 0.964. The van der Waals surface area contributed by atoms with Crippen LogP contribution in [0.3, 0.4) is 0 Å². The van der Waals surface area contributed by atoms with E-state index in [1.165, 1.54) is 12.8 Å². The Morgan fingerprint density at radius 3 is 2.94 bits per heavy atom. The van der Waals surface area contributed by atoms with Gasteiger partial charge in [0.1, 0.15) is 5.82 Å². The van der Waals surface area contributed by atoms with Crippen LogP contribution in [0.1, 0.15) is 37.3 Å². The molecule has 0 spiro atoms. The van der Waals surface area contributed by atoms with Crippen LogP contribution in [0, 0.1) is 5.92 Å². The van der Waals surface area contributed by atoms with Crippen LogP contribution < -0.4 is 0 Å². The predicted octanol–water partition coefficient (Wildman–Crippen LogP) is 0.982. The van der Waals surface area contributed by atoms with Crippen molar-refractivity contribution in [2.75, 3.05) is 11.5 Å². The minimum Gasteiger partial charge on any atom is -0.250 e. The molecule has 0 saturated carbocycles. The van der Waals surface area contributed by atoms with Gasteiger partial charge in [-0.25, -0.2) is 18.1 Å². The van der Waals surface area contributed by atoms with Gasteiger partial charge in [0, 0.05) is 19.4 Å². The molecule has 2 aliphatic rings. The topological polar surface area (TPSA) is 64.8 Å². The smallest absolute Gasteiger partial charge is 0.151 e. The van der Waals surface area contributed by atoms with E-state index in [0.29, 0.717) is 11.5 Å². The minimum absolute atomic E-state index is 0.216. The first-order chi connectivity index (χ1) is 8.62. The van der Waals surface area contributed by atoms with Gasteiger partial charge in [-0.15, -0.1) is 0 Å². The van der Waals surface area contributed by atoms with Crippen molar-refractivity contribution in [3.63, 3.8) is 0 Å². The minimum atomic E-state index is -2.82. The van der Waals surface area contributed by atoms with Crippen molar-refractivity contribution in [1.29, 1.82) is 0 Å². The highest BCUT2D eigenvalue weighted by Gasteiger charge is 2.26. The van der Waals surface area contributed by atoms with E-state index in [1.54, 1.807) is 0 Å². The summed E-state index contributed by atoms with van der Waals surface area (Å²) in [5.74, 6) is 2.81. The molecule has 5 nitrogen and oxygen atoms in total. The van der Waals surface area contributed by atoms with E-state index in [2.05, 4.69) is 10.1 Å². The van der Waals surface area contributed by atoms with Gasteiger partial charge in [-0.2, -0.15) is 5.10 Å². The van der Waals surface area contributed by atoms with Crippen LogP contribution in [0.25, 0.3) is 0 Å². The van der Waals surface area contributed by atoms with E-state index in [4.69, 9.17) is 0 Å². The zero-order valence-corrected chi connectivity index (χ0v) is 11.3.